The van der Waals surface area contributed by atoms with Gasteiger partial charge < -0.3 is 19.9 Å². The van der Waals surface area contributed by atoms with Gasteiger partial charge in [-0.3, -0.25) is 4.79 Å². The summed E-state index contributed by atoms with van der Waals surface area (Å²) in [5.41, 5.74) is 1.83. The number of piperidine rings is 1. The predicted octanol–water partition coefficient (Wildman–Crippen LogP) is 2.61. The number of nitrogens with one attached hydrogen (secondary N) is 2. The molecule has 2 heterocycles. The number of aromatic amines is 1. The molecule has 0 radical (unpaired) electrons. The summed E-state index contributed by atoms with van der Waals surface area (Å²) in [5, 5.41) is 3.01. The Kier molecular flexibility index (Phi) is 5.21. The van der Waals surface area contributed by atoms with E-state index in [1.54, 1.807) is 11.8 Å². The molecular formula is C18H24N4O3. The Morgan fingerprint density at radius 2 is 2.24 bits per heavy atom. The van der Waals surface area contributed by atoms with E-state index in [1.807, 2.05) is 31.2 Å². The van der Waals surface area contributed by atoms with E-state index in [0.29, 0.717) is 19.7 Å². The highest BCUT2D eigenvalue weighted by Gasteiger charge is 2.30. The smallest absolute Gasteiger partial charge is 0.409 e. The second-order valence-corrected chi connectivity index (χ2v) is 6.35. The first-order valence-corrected chi connectivity index (χ1v) is 8.75. The molecule has 1 aromatic heterocycles. The molecule has 2 aromatic rings. The molecule has 0 saturated carbocycles. The Hall–Kier alpha value is -2.57. The molecule has 134 valence electrons. The second-order valence-electron chi connectivity index (χ2n) is 6.35. The van der Waals surface area contributed by atoms with Gasteiger partial charge in [0.2, 0.25) is 5.91 Å². The van der Waals surface area contributed by atoms with Gasteiger partial charge in [-0.15, -0.1) is 0 Å². The maximum atomic E-state index is 12.6. The van der Waals surface area contributed by atoms with Crippen LogP contribution >= 0.6 is 0 Å². The molecule has 1 aliphatic rings. The summed E-state index contributed by atoms with van der Waals surface area (Å²) < 4.78 is 5.03. The number of aromatic nitrogens is 2. The average molecular weight is 344 g/mol. The predicted molar refractivity (Wildman–Crippen MR) is 94.0 cm³/mol. The third kappa shape index (κ3) is 3.92. The summed E-state index contributed by atoms with van der Waals surface area (Å²) in [6.07, 6.45) is 1.23. The lowest BCUT2D eigenvalue weighted by atomic mass is 9.97. The number of amides is 2. The first-order valence-electron chi connectivity index (χ1n) is 8.75. The third-order valence-electron chi connectivity index (χ3n) is 4.49. The van der Waals surface area contributed by atoms with Crippen molar-refractivity contribution in [3.63, 3.8) is 0 Å². The van der Waals surface area contributed by atoms with Gasteiger partial charge in [0.1, 0.15) is 5.82 Å². The first kappa shape index (κ1) is 17.3. The van der Waals surface area contributed by atoms with E-state index in [2.05, 4.69) is 15.3 Å². The minimum atomic E-state index is -0.342. The van der Waals surface area contributed by atoms with E-state index < -0.39 is 0 Å². The number of H-pyrrole nitrogens is 1. The van der Waals surface area contributed by atoms with Crippen LogP contribution in [0, 0.1) is 5.92 Å². The van der Waals surface area contributed by atoms with Crippen LogP contribution in [0.3, 0.4) is 0 Å². The lowest BCUT2D eigenvalue weighted by molar-refractivity contribution is -0.127. The van der Waals surface area contributed by atoms with Crippen LogP contribution in [0.1, 0.15) is 38.6 Å². The van der Waals surface area contributed by atoms with E-state index in [9.17, 15) is 9.59 Å². The van der Waals surface area contributed by atoms with Crippen molar-refractivity contribution in [3.8, 4) is 0 Å². The van der Waals surface area contributed by atoms with Crippen molar-refractivity contribution >= 4 is 23.0 Å². The van der Waals surface area contributed by atoms with Gasteiger partial charge >= 0.3 is 6.09 Å². The zero-order valence-electron chi connectivity index (χ0n) is 14.6. The first-order chi connectivity index (χ1) is 12.1. The summed E-state index contributed by atoms with van der Waals surface area (Å²) in [6, 6.07) is 7.54. The number of benzene rings is 1. The third-order valence-corrected chi connectivity index (χ3v) is 4.49. The van der Waals surface area contributed by atoms with Crippen molar-refractivity contribution in [2.45, 2.75) is 32.7 Å². The van der Waals surface area contributed by atoms with Crippen LogP contribution in [0.4, 0.5) is 4.79 Å². The second kappa shape index (κ2) is 7.55. The van der Waals surface area contributed by atoms with Gasteiger partial charge in [-0.2, -0.15) is 0 Å². The molecular weight excluding hydrogens is 320 g/mol. The summed E-state index contributed by atoms with van der Waals surface area (Å²) in [4.78, 5) is 33.8. The summed E-state index contributed by atoms with van der Waals surface area (Å²) >= 11 is 0. The minimum Gasteiger partial charge on any atom is -0.450 e. The van der Waals surface area contributed by atoms with E-state index in [-0.39, 0.29) is 24.0 Å². The Morgan fingerprint density at radius 3 is 3.00 bits per heavy atom. The number of para-hydroxylation sites is 2. The summed E-state index contributed by atoms with van der Waals surface area (Å²) in [7, 11) is 0. The Balaban J connectivity index is 1.61. The molecule has 7 nitrogen and oxygen atoms in total. The van der Waals surface area contributed by atoms with Crippen molar-refractivity contribution in [3.05, 3.63) is 30.1 Å². The molecule has 0 aliphatic carbocycles. The van der Waals surface area contributed by atoms with Gasteiger partial charge in [0.25, 0.3) is 0 Å². The fraction of sp³-hybridized carbons (Fsp3) is 0.500. The minimum absolute atomic E-state index is 0.0537. The van der Waals surface area contributed by atoms with Crippen LogP contribution in [0.15, 0.2) is 24.3 Å². The normalized spacial score (nSPS) is 18.8. The number of fused-ring (bicyclic) bond motifs is 1. The van der Waals surface area contributed by atoms with Gasteiger partial charge in [-0.25, -0.2) is 9.78 Å². The van der Waals surface area contributed by atoms with Gasteiger partial charge in [0.15, 0.2) is 0 Å². The topological polar surface area (TPSA) is 87.3 Å². The number of hydrogen-bond donors (Lipinski definition) is 2. The quantitative estimate of drug-likeness (QED) is 0.892. The van der Waals surface area contributed by atoms with E-state index in [4.69, 9.17) is 4.74 Å². The number of rotatable bonds is 4. The Morgan fingerprint density at radius 1 is 1.44 bits per heavy atom. The maximum absolute atomic E-state index is 12.6. The maximum Gasteiger partial charge on any atom is 0.409 e. The van der Waals surface area contributed by atoms with Gasteiger partial charge in [0, 0.05) is 13.1 Å². The summed E-state index contributed by atoms with van der Waals surface area (Å²) in [6.45, 7) is 5.07. The number of carbonyl (C=O) groups excluding carboxylic acids is 2. The van der Waals surface area contributed by atoms with Crippen LogP contribution in [-0.2, 0) is 9.53 Å². The van der Waals surface area contributed by atoms with Crippen LogP contribution in [-0.4, -0.2) is 46.6 Å². The molecule has 2 N–H and O–H groups in total. The monoisotopic (exact) mass is 344 g/mol. The highest BCUT2D eigenvalue weighted by atomic mass is 16.6. The van der Waals surface area contributed by atoms with Gasteiger partial charge in [0.05, 0.1) is 29.6 Å². The van der Waals surface area contributed by atoms with Crippen molar-refractivity contribution in [2.24, 2.45) is 5.92 Å². The van der Waals surface area contributed by atoms with Crippen molar-refractivity contribution in [1.29, 1.82) is 0 Å². The Labute approximate surface area is 146 Å². The highest BCUT2D eigenvalue weighted by Crippen LogP contribution is 2.20. The molecule has 1 aliphatic heterocycles. The van der Waals surface area contributed by atoms with E-state index in [0.717, 1.165) is 29.7 Å². The van der Waals surface area contributed by atoms with Crippen molar-refractivity contribution < 1.29 is 14.3 Å². The molecule has 2 atom stereocenters. The number of carbonyl (C=O) groups is 2. The van der Waals surface area contributed by atoms with Crippen LogP contribution in [0.25, 0.3) is 11.0 Å². The zero-order chi connectivity index (χ0) is 17.8. The largest absolute Gasteiger partial charge is 0.450 e. The molecule has 0 bridgehead atoms. The van der Waals surface area contributed by atoms with Gasteiger partial charge in [-0.05, 0) is 38.8 Å². The van der Waals surface area contributed by atoms with Crippen LogP contribution in [0.2, 0.25) is 0 Å². The molecule has 7 heteroatoms. The lowest BCUT2D eigenvalue weighted by Crippen LogP contribution is -2.46. The molecule has 1 fully saturated rings. The lowest BCUT2D eigenvalue weighted by Gasteiger charge is -2.31. The molecule has 0 spiro atoms. The molecule has 1 saturated heterocycles. The van der Waals surface area contributed by atoms with Crippen molar-refractivity contribution in [1.82, 2.24) is 20.2 Å². The zero-order valence-corrected chi connectivity index (χ0v) is 14.6. The molecule has 25 heavy (non-hydrogen) atoms. The Bertz CT molecular complexity index is 725. The number of ether oxygens (including phenoxy) is 1. The SMILES string of the molecule is CCOC(=O)N1CCCC(C(=O)NC(C)c2nc3ccccc3[nH]2)C1. The summed E-state index contributed by atoms with van der Waals surface area (Å²) in [5.74, 6) is 0.458. The van der Waals surface area contributed by atoms with Crippen LogP contribution < -0.4 is 5.32 Å². The fourth-order valence-electron chi connectivity index (χ4n) is 3.15. The van der Waals surface area contributed by atoms with Gasteiger partial charge in [-0.1, -0.05) is 12.1 Å². The molecule has 2 amide bonds. The van der Waals surface area contributed by atoms with E-state index >= 15 is 0 Å². The number of likely N-dealkylation sites (tertiary alicyclic amines) is 1. The van der Waals surface area contributed by atoms with Crippen LogP contribution in [0.5, 0.6) is 0 Å². The average Bonchev–Trinajstić information content (AvgIpc) is 3.06. The molecule has 3 rings (SSSR count). The number of imidazole rings is 1. The molecule has 1 aromatic carbocycles. The van der Waals surface area contributed by atoms with E-state index in [1.165, 1.54) is 0 Å². The van der Waals surface area contributed by atoms with Crippen molar-refractivity contribution in [2.75, 3.05) is 19.7 Å². The fourth-order valence-corrected chi connectivity index (χ4v) is 3.15. The standard InChI is InChI=1S/C18H24N4O3/c1-3-25-18(24)22-10-6-7-13(11-22)17(23)19-12(2)16-20-14-8-4-5-9-15(14)21-16/h4-5,8-9,12-13H,3,6-7,10-11H2,1-2H3,(H,19,23)(H,20,21). The highest BCUT2D eigenvalue weighted by molar-refractivity contribution is 5.80. The molecule has 2 unspecified atom stereocenters. The number of nitrogens with zero attached hydrogens (tertiary/aromatic N) is 2. The number of hydrogen-bond acceptors (Lipinski definition) is 4.